The highest BCUT2D eigenvalue weighted by Crippen LogP contribution is 2.26. The Morgan fingerprint density at radius 3 is 2.36 bits per heavy atom. The van der Waals surface area contributed by atoms with E-state index in [1.807, 2.05) is 0 Å². The smallest absolute Gasteiger partial charge is 0.171 e. The van der Waals surface area contributed by atoms with E-state index < -0.39 is 9.04 Å². The molecule has 0 aromatic carbocycles. The van der Waals surface area contributed by atoms with Crippen LogP contribution in [0.25, 0.3) is 0 Å². The summed E-state index contributed by atoms with van der Waals surface area (Å²) < 4.78 is 5.94. The lowest BCUT2D eigenvalue weighted by atomic mass is 9.88. The summed E-state index contributed by atoms with van der Waals surface area (Å²) in [5, 5.41) is 0. The van der Waals surface area contributed by atoms with Gasteiger partial charge in [0.1, 0.15) is 0 Å². The summed E-state index contributed by atoms with van der Waals surface area (Å²) in [5.74, 6) is 0.818. The predicted octanol–water partition coefficient (Wildman–Crippen LogP) is 2.57. The molecule has 2 atom stereocenters. The molecular formula is C9H20OSi. The molecule has 0 aromatic rings. The minimum Gasteiger partial charge on any atom is -0.417 e. The van der Waals surface area contributed by atoms with Gasteiger partial charge in [0.05, 0.1) is 0 Å². The van der Waals surface area contributed by atoms with Crippen LogP contribution in [0.4, 0.5) is 0 Å². The Hall–Kier alpha value is 0.177. The predicted molar refractivity (Wildman–Crippen MR) is 51.4 cm³/mol. The van der Waals surface area contributed by atoms with Crippen LogP contribution in [0.3, 0.4) is 0 Å². The van der Waals surface area contributed by atoms with Crippen molar-refractivity contribution in [2.75, 3.05) is 0 Å². The zero-order chi connectivity index (χ0) is 8.27. The van der Waals surface area contributed by atoms with Crippen molar-refractivity contribution in [2.24, 2.45) is 5.92 Å². The largest absolute Gasteiger partial charge is 0.417 e. The fourth-order valence-electron chi connectivity index (χ4n) is 1.83. The van der Waals surface area contributed by atoms with Gasteiger partial charge in [-0.3, -0.25) is 0 Å². The molecule has 1 saturated carbocycles. The van der Waals surface area contributed by atoms with Crippen LogP contribution < -0.4 is 0 Å². The summed E-state index contributed by atoms with van der Waals surface area (Å²) in [6, 6.07) is 0. The van der Waals surface area contributed by atoms with Gasteiger partial charge in [-0.05, 0) is 31.9 Å². The Kier molecular flexibility index (Phi) is 3.59. The zero-order valence-corrected chi connectivity index (χ0v) is 9.12. The van der Waals surface area contributed by atoms with Crippen molar-refractivity contribution in [1.82, 2.24) is 0 Å². The van der Waals surface area contributed by atoms with E-state index in [2.05, 4.69) is 20.0 Å². The molecule has 1 aliphatic carbocycles. The summed E-state index contributed by atoms with van der Waals surface area (Å²) >= 11 is 0. The second-order valence-electron chi connectivity index (χ2n) is 3.99. The Labute approximate surface area is 71.9 Å². The molecule has 0 aromatic heterocycles. The third-order valence-corrected chi connectivity index (χ3v) is 3.37. The monoisotopic (exact) mass is 172 g/mol. The van der Waals surface area contributed by atoms with Crippen molar-refractivity contribution in [2.45, 2.75) is 51.8 Å². The van der Waals surface area contributed by atoms with E-state index in [1.165, 1.54) is 25.7 Å². The molecule has 2 heteroatoms. The first kappa shape index (κ1) is 9.27. The molecule has 11 heavy (non-hydrogen) atoms. The maximum atomic E-state index is 5.94. The summed E-state index contributed by atoms with van der Waals surface area (Å²) in [5.41, 5.74) is 0. The fraction of sp³-hybridized carbons (Fsp3) is 1.00. The average Bonchev–Trinajstić information content (AvgIpc) is 1.93. The summed E-state index contributed by atoms with van der Waals surface area (Å²) in [4.78, 5) is 0. The van der Waals surface area contributed by atoms with Crippen LogP contribution in [0.5, 0.6) is 0 Å². The molecule has 1 rings (SSSR count). The molecule has 2 unspecified atom stereocenters. The fourth-order valence-corrected chi connectivity index (χ4v) is 2.94. The van der Waals surface area contributed by atoms with Gasteiger partial charge in [0.15, 0.2) is 9.04 Å². The molecule has 66 valence electrons. The molecule has 0 amide bonds. The molecule has 0 saturated heterocycles. The molecular weight excluding hydrogens is 152 g/mol. The van der Waals surface area contributed by atoms with Gasteiger partial charge in [-0.15, -0.1) is 0 Å². The highest BCUT2D eigenvalue weighted by Gasteiger charge is 2.22. The molecule has 0 bridgehead atoms. The molecule has 0 heterocycles. The van der Waals surface area contributed by atoms with Gasteiger partial charge in [-0.25, -0.2) is 0 Å². The van der Waals surface area contributed by atoms with Crippen molar-refractivity contribution in [3.05, 3.63) is 0 Å². The van der Waals surface area contributed by atoms with Gasteiger partial charge in [0.25, 0.3) is 0 Å². The maximum Gasteiger partial charge on any atom is 0.171 e. The Balaban J connectivity index is 2.29. The van der Waals surface area contributed by atoms with Crippen LogP contribution in [0, 0.1) is 5.92 Å². The van der Waals surface area contributed by atoms with Crippen molar-refractivity contribution < 1.29 is 4.43 Å². The van der Waals surface area contributed by atoms with Crippen LogP contribution >= 0.6 is 0 Å². The lowest BCUT2D eigenvalue weighted by molar-refractivity contribution is 0.103. The quantitative estimate of drug-likeness (QED) is 0.582. The normalized spacial score (nSPS) is 32.7. The van der Waals surface area contributed by atoms with Crippen LogP contribution in [0.15, 0.2) is 0 Å². The van der Waals surface area contributed by atoms with E-state index >= 15 is 0 Å². The molecule has 0 aliphatic heterocycles. The molecule has 1 nitrogen and oxygen atoms in total. The summed E-state index contributed by atoms with van der Waals surface area (Å²) in [6.45, 7) is 6.86. The lowest BCUT2D eigenvalue weighted by Gasteiger charge is -2.30. The minimum atomic E-state index is -0.782. The first-order chi connectivity index (χ1) is 5.20. The standard InChI is InChI=1S/C9H20OSi/c1-8-6-4-5-7-9(8)10-11(2)3/h8-9,11H,4-7H2,1-3H3. The molecule has 0 spiro atoms. The third-order valence-electron chi connectivity index (χ3n) is 2.48. The number of rotatable bonds is 2. The van der Waals surface area contributed by atoms with Gasteiger partial charge in [0, 0.05) is 6.10 Å². The zero-order valence-electron chi connectivity index (χ0n) is 7.97. The summed E-state index contributed by atoms with van der Waals surface area (Å²) in [7, 11) is -0.782. The lowest BCUT2D eigenvalue weighted by Crippen LogP contribution is -2.29. The third kappa shape index (κ3) is 2.95. The number of hydrogen-bond donors (Lipinski definition) is 0. The SMILES string of the molecule is CC1CCCCC1O[SiH](C)C. The van der Waals surface area contributed by atoms with Crippen molar-refractivity contribution in [3.63, 3.8) is 0 Å². The van der Waals surface area contributed by atoms with E-state index in [-0.39, 0.29) is 0 Å². The van der Waals surface area contributed by atoms with Crippen molar-refractivity contribution >= 4 is 9.04 Å². The van der Waals surface area contributed by atoms with Gasteiger partial charge < -0.3 is 4.43 Å². The van der Waals surface area contributed by atoms with Crippen LogP contribution in [-0.2, 0) is 4.43 Å². The highest BCUT2D eigenvalue weighted by molar-refractivity contribution is 6.48. The van der Waals surface area contributed by atoms with Crippen molar-refractivity contribution in [1.29, 1.82) is 0 Å². The highest BCUT2D eigenvalue weighted by atomic mass is 28.3. The van der Waals surface area contributed by atoms with E-state index in [0.29, 0.717) is 6.10 Å². The Morgan fingerprint density at radius 1 is 1.18 bits per heavy atom. The topological polar surface area (TPSA) is 9.23 Å². The van der Waals surface area contributed by atoms with E-state index in [9.17, 15) is 0 Å². The van der Waals surface area contributed by atoms with Gasteiger partial charge in [-0.1, -0.05) is 19.8 Å². The molecule has 1 aliphatic rings. The first-order valence-corrected chi connectivity index (χ1v) is 7.63. The second-order valence-corrected chi connectivity index (χ2v) is 6.35. The van der Waals surface area contributed by atoms with Gasteiger partial charge in [-0.2, -0.15) is 0 Å². The minimum absolute atomic E-state index is 0.607. The van der Waals surface area contributed by atoms with E-state index in [1.54, 1.807) is 0 Å². The first-order valence-electron chi connectivity index (χ1n) is 4.85. The van der Waals surface area contributed by atoms with E-state index in [0.717, 1.165) is 5.92 Å². The van der Waals surface area contributed by atoms with Gasteiger partial charge in [0.2, 0.25) is 0 Å². The second kappa shape index (κ2) is 4.26. The molecule has 1 fully saturated rings. The van der Waals surface area contributed by atoms with Crippen LogP contribution in [0.1, 0.15) is 32.6 Å². The maximum absolute atomic E-state index is 5.94. The molecule has 0 radical (unpaired) electrons. The van der Waals surface area contributed by atoms with Gasteiger partial charge >= 0.3 is 0 Å². The molecule has 0 N–H and O–H groups in total. The van der Waals surface area contributed by atoms with E-state index in [4.69, 9.17) is 4.43 Å². The Bertz CT molecular complexity index is 114. The Morgan fingerprint density at radius 2 is 1.82 bits per heavy atom. The van der Waals surface area contributed by atoms with Crippen LogP contribution in [-0.4, -0.2) is 15.1 Å². The number of hydrogen-bond acceptors (Lipinski definition) is 1. The summed E-state index contributed by atoms with van der Waals surface area (Å²) in [6.07, 6.45) is 6.10. The van der Waals surface area contributed by atoms with Crippen molar-refractivity contribution in [3.8, 4) is 0 Å². The van der Waals surface area contributed by atoms with Crippen LogP contribution in [0.2, 0.25) is 13.1 Å². The average molecular weight is 172 g/mol.